The molecule has 4 N–H and O–H groups in total. The molecule has 0 atom stereocenters. The summed E-state index contributed by atoms with van der Waals surface area (Å²) in [6, 6.07) is 4.74. The van der Waals surface area contributed by atoms with Crippen molar-refractivity contribution in [3.05, 3.63) is 28.3 Å². The van der Waals surface area contributed by atoms with Crippen molar-refractivity contribution in [1.29, 1.82) is 0 Å². The van der Waals surface area contributed by atoms with E-state index in [1.165, 1.54) is 31.7 Å². The molecule has 0 amide bonds. The second kappa shape index (κ2) is 5.44. The summed E-state index contributed by atoms with van der Waals surface area (Å²) in [5.74, 6) is 5.33. The van der Waals surface area contributed by atoms with Crippen LogP contribution in [-0.2, 0) is 0 Å². The molecule has 0 aromatic heterocycles. The maximum Gasteiger partial charge on any atom is 0.273 e. The Bertz CT molecular complexity index is 470. The fourth-order valence-electron chi connectivity index (χ4n) is 2.62. The normalized spacial score (nSPS) is 17.2. The fourth-order valence-corrected chi connectivity index (χ4v) is 2.62. The Morgan fingerprint density at radius 3 is 2.53 bits per heavy atom. The largest absolute Gasteiger partial charge is 0.384 e. The molecule has 0 spiro atoms. The number of anilines is 2. The van der Waals surface area contributed by atoms with Crippen LogP contribution in [-0.4, -0.2) is 11.5 Å². The summed E-state index contributed by atoms with van der Waals surface area (Å²) in [4.78, 5) is 10.4. The monoisotopic (exact) mass is 264 g/mol. The van der Waals surface area contributed by atoms with Crippen LogP contribution < -0.4 is 16.6 Å². The number of rotatable bonds is 5. The predicted octanol–water partition coefficient (Wildman–Crippen LogP) is 2.87. The second-order valence-electron chi connectivity index (χ2n) is 5.54. The maximum atomic E-state index is 10.9. The Hall–Kier alpha value is -1.82. The first-order chi connectivity index (χ1) is 9.02. The smallest absolute Gasteiger partial charge is 0.273 e. The van der Waals surface area contributed by atoms with E-state index in [-0.39, 0.29) is 5.69 Å². The first kappa shape index (κ1) is 13.6. The van der Waals surface area contributed by atoms with Gasteiger partial charge in [-0.25, -0.2) is 0 Å². The number of nitrogen functional groups attached to an aromatic ring is 1. The van der Waals surface area contributed by atoms with Gasteiger partial charge in [-0.3, -0.25) is 16.0 Å². The number of nitrogens with two attached hydrogens (primary N) is 1. The van der Waals surface area contributed by atoms with Crippen molar-refractivity contribution in [3.8, 4) is 0 Å². The molecule has 1 aromatic carbocycles. The Morgan fingerprint density at radius 1 is 1.32 bits per heavy atom. The molecule has 6 nitrogen and oxygen atoms in total. The van der Waals surface area contributed by atoms with E-state index < -0.39 is 4.92 Å². The van der Waals surface area contributed by atoms with E-state index in [2.05, 4.69) is 17.7 Å². The summed E-state index contributed by atoms with van der Waals surface area (Å²) in [5.41, 5.74) is 4.05. The second-order valence-corrected chi connectivity index (χ2v) is 5.54. The SMILES string of the molecule is CC1(CNc2cc(NN)cc([N+](=O)[O-])c2)CCCC1. The van der Waals surface area contributed by atoms with Gasteiger partial charge in [0.15, 0.2) is 0 Å². The van der Waals surface area contributed by atoms with Crippen molar-refractivity contribution in [2.24, 2.45) is 11.3 Å². The molecule has 0 bridgehead atoms. The number of nitro groups is 1. The van der Waals surface area contributed by atoms with Gasteiger partial charge in [0, 0.05) is 24.4 Å². The highest BCUT2D eigenvalue weighted by atomic mass is 16.6. The Morgan fingerprint density at radius 2 is 1.95 bits per heavy atom. The van der Waals surface area contributed by atoms with E-state index in [9.17, 15) is 10.1 Å². The molecular formula is C13H20N4O2. The summed E-state index contributed by atoms with van der Waals surface area (Å²) in [5, 5.41) is 14.2. The molecule has 1 aromatic rings. The van der Waals surface area contributed by atoms with E-state index in [4.69, 9.17) is 5.84 Å². The summed E-state index contributed by atoms with van der Waals surface area (Å²) in [6.45, 7) is 3.09. The fraction of sp³-hybridized carbons (Fsp3) is 0.538. The molecule has 1 aliphatic rings. The molecule has 2 rings (SSSR count). The molecule has 0 heterocycles. The van der Waals surface area contributed by atoms with Crippen LogP contribution in [0.15, 0.2) is 18.2 Å². The standard InChI is InChI=1S/C13H20N4O2/c1-13(4-2-3-5-13)9-15-10-6-11(16-14)8-12(7-10)17(18)19/h6-8,15-16H,2-5,9,14H2,1H3. The Labute approximate surface area is 112 Å². The third kappa shape index (κ3) is 3.35. The van der Waals surface area contributed by atoms with Crippen molar-refractivity contribution in [1.82, 2.24) is 0 Å². The number of nitrogens with zero attached hydrogens (tertiary/aromatic N) is 1. The number of nitrogens with one attached hydrogen (secondary N) is 2. The van der Waals surface area contributed by atoms with Crippen LogP contribution in [0.5, 0.6) is 0 Å². The van der Waals surface area contributed by atoms with Gasteiger partial charge in [-0.05, 0) is 24.3 Å². The van der Waals surface area contributed by atoms with E-state index in [1.54, 1.807) is 12.1 Å². The molecule has 1 fully saturated rings. The Balaban J connectivity index is 2.10. The lowest BCUT2D eigenvalue weighted by atomic mass is 9.89. The summed E-state index contributed by atoms with van der Waals surface area (Å²) in [6.07, 6.45) is 4.94. The van der Waals surface area contributed by atoms with Gasteiger partial charge < -0.3 is 10.7 Å². The minimum Gasteiger partial charge on any atom is -0.384 e. The lowest BCUT2D eigenvalue weighted by Crippen LogP contribution is -2.23. The molecule has 19 heavy (non-hydrogen) atoms. The third-order valence-corrected chi connectivity index (χ3v) is 3.83. The molecule has 0 aliphatic heterocycles. The molecule has 1 saturated carbocycles. The van der Waals surface area contributed by atoms with Crippen LogP contribution in [0.25, 0.3) is 0 Å². The van der Waals surface area contributed by atoms with Crippen molar-refractivity contribution in [3.63, 3.8) is 0 Å². The van der Waals surface area contributed by atoms with Gasteiger partial charge in [-0.15, -0.1) is 0 Å². The molecule has 0 radical (unpaired) electrons. The van der Waals surface area contributed by atoms with Crippen LogP contribution in [0, 0.1) is 15.5 Å². The summed E-state index contributed by atoms with van der Waals surface area (Å²) >= 11 is 0. The van der Waals surface area contributed by atoms with Gasteiger partial charge in [0.05, 0.1) is 10.6 Å². The summed E-state index contributed by atoms with van der Waals surface area (Å²) in [7, 11) is 0. The third-order valence-electron chi connectivity index (χ3n) is 3.83. The predicted molar refractivity (Wildman–Crippen MR) is 76.0 cm³/mol. The number of nitro benzene ring substituents is 1. The van der Waals surface area contributed by atoms with E-state index in [0.29, 0.717) is 11.1 Å². The van der Waals surface area contributed by atoms with Crippen LogP contribution in [0.3, 0.4) is 0 Å². The first-order valence-corrected chi connectivity index (χ1v) is 6.52. The number of hydrogen-bond acceptors (Lipinski definition) is 5. The first-order valence-electron chi connectivity index (χ1n) is 6.52. The minimum atomic E-state index is -0.413. The maximum absolute atomic E-state index is 10.9. The zero-order valence-corrected chi connectivity index (χ0v) is 11.1. The van der Waals surface area contributed by atoms with Crippen molar-refractivity contribution in [2.45, 2.75) is 32.6 Å². The van der Waals surface area contributed by atoms with Gasteiger partial charge in [0.25, 0.3) is 5.69 Å². The molecular weight excluding hydrogens is 244 g/mol. The van der Waals surface area contributed by atoms with E-state index in [0.717, 1.165) is 12.2 Å². The minimum absolute atomic E-state index is 0.0366. The molecule has 104 valence electrons. The van der Waals surface area contributed by atoms with Gasteiger partial charge in [-0.2, -0.15) is 0 Å². The molecule has 0 unspecified atom stereocenters. The van der Waals surface area contributed by atoms with Crippen LogP contribution in [0.4, 0.5) is 17.1 Å². The van der Waals surface area contributed by atoms with Gasteiger partial charge >= 0.3 is 0 Å². The van der Waals surface area contributed by atoms with Crippen LogP contribution in [0.2, 0.25) is 0 Å². The van der Waals surface area contributed by atoms with Crippen molar-refractivity contribution >= 4 is 17.1 Å². The lowest BCUT2D eigenvalue weighted by Gasteiger charge is -2.24. The number of hydrogen-bond donors (Lipinski definition) is 3. The topological polar surface area (TPSA) is 93.2 Å². The van der Waals surface area contributed by atoms with Crippen molar-refractivity contribution in [2.75, 3.05) is 17.3 Å². The van der Waals surface area contributed by atoms with Gasteiger partial charge in [0.1, 0.15) is 0 Å². The van der Waals surface area contributed by atoms with Crippen LogP contribution in [0.1, 0.15) is 32.6 Å². The highest BCUT2D eigenvalue weighted by molar-refractivity contribution is 5.63. The number of non-ortho nitro benzene ring substituents is 1. The van der Waals surface area contributed by atoms with Gasteiger partial charge in [0.2, 0.25) is 0 Å². The zero-order valence-electron chi connectivity index (χ0n) is 11.1. The van der Waals surface area contributed by atoms with Gasteiger partial charge in [-0.1, -0.05) is 19.8 Å². The van der Waals surface area contributed by atoms with Crippen molar-refractivity contribution < 1.29 is 4.92 Å². The average molecular weight is 264 g/mol. The number of benzene rings is 1. The van der Waals surface area contributed by atoms with Crippen LogP contribution >= 0.6 is 0 Å². The Kier molecular flexibility index (Phi) is 3.90. The number of hydrazine groups is 1. The molecule has 0 saturated heterocycles. The quantitative estimate of drug-likeness (QED) is 0.432. The molecule has 6 heteroatoms. The highest BCUT2D eigenvalue weighted by Gasteiger charge is 2.28. The molecule has 1 aliphatic carbocycles. The highest BCUT2D eigenvalue weighted by Crippen LogP contribution is 2.37. The van der Waals surface area contributed by atoms with E-state index >= 15 is 0 Å². The van der Waals surface area contributed by atoms with E-state index in [1.807, 2.05) is 0 Å². The average Bonchev–Trinajstić information content (AvgIpc) is 2.83. The lowest BCUT2D eigenvalue weighted by molar-refractivity contribution is -0.384. The zero-order chi connectivity index (χ0) is 13.9. The summed E-state index contributed by atoms with van der Waals surface area (Å²) < 4.78 is 0.